The Morgan fingerprint density at radius 2 is 0.667 bits per heavy atom. The van der Waals surface area contributed by atoms with Crippen molar-refractivity contribution < 1.29 is 101 Å². The summed E-state index contributed by atoms with van der Waals surface area (Å²) in [5.41, 5.74) is 0. The monoisotopic (exact) mass is 636 g/mol. The summed E-state index contributed by atoms with van der Waals surface area (Å²) in [6.45, 7) is -2.60. The van der Waals surface area contributed by atoms with Crippen molar-refractivity contribution in [1.82, 2.24) is 0 Å². The van der Waals surface area contributed by atoms with Crippen LogP contribution in [0.1, 0.15) is 19.3 Å². The van der Waals surface area contributed by atoms with Gasteiger partial charge in [-0.2, -0.15) is 0 Å². The second-order valence-corrected chi connectivity index (χ2v) is 11.0. The van der Waals surface area contributed by atoms with Crippen LogP contribution in [0.2, 0.25) is 0 Å². The van der Waals surface area contributed by atoms with Gasteiger partial charge in [-0.15, -0.1) is 0 Å². The maximum absolute atomic E-state index is 12.2. The van der Waals surface area contributed by atoms with Gasteiger partial charge in [-0.05, 0) is 0 Å². The van der Waals surface area contributed by atoms with Gasteiger partial charge < -0.3 is 58.9 Å². The molecule has 24 heteroatoms. The van der Waals surface area contributed by atoms with Crippen LogP contribution < -0.4 is 0 Å². The largest absolute Gasteiger partial charge is 0.470 e. The number of esters is 3. The van der Waals surface area contributed by atoms with Gasteiger partial charge in [-0.25, -0.2) is 13.7 Å². The van der Waals surface area contributed by atoms with Gasteiger partial charge in [0.25, 0.3) is 0 Å². The van der Waals surface area contributed by atoms with Gasteiger partial charge in [0.1, 0.15) is 18.3 Å². The summed E-state index contributed by atoms with van der Waals surface area (Å²) >= 11 is 0. The number of ether oxygens (including phenoxy) is 3. The van der Waals surface area contributed by atoms with Crippen LogP contribution in [0, 0.1) is 0 Å². The molecule has 0 heterocycles. The quantitative estimate of drug-likeness (QED) is 0.0474. The van der Waals surface area contributed by atoms with E-state index in [1.807, 2.05) is 0 Å². The average molecular weight is 636 g/mol. The second kappa shape index (κ2) is 15.0. The first-order valence-corrected chi connectivity index (χ1v) is 15.0. The first-order valence-electron chi connectivity index (χ1n) is 10.4. The molecule has 0 bridgehead atoms. The van der Waals surface area contributed by atoms with E-state index in [-0.39, 0.29) is 0 Å². The fourth-order valence-electron chi connectivity index (χ4n) is 3.27. The minimum atomic E-state index is -5.81. The molecule has 21 nitrogen and oxygen atoms in total. The molecule has 9 N–H and O–H groups in total. The van der Waals surface area contributed by atoms with Crippen molar-refractivity contribution in [3.8, 4) is 0 Å². The summed E-state index contributed by atoms with van der Waals surface area (Å²) in [5, 5.41) is 27.0. The minimum absolute atomic E-state index is 0.804. The Kier molecular flexibility index (Phi) is 13.7. The first-order chi connectivity index (χ1) is 17.8. The lowest BCUT2D eigenvalue weighted by Gasteiger charge is -2.47. The van der Waals surface area contributed by atoms with E-state index in [1.54, 1.807) is 0 Å². The Labute approximate surface area is 218 Å². The summed E-state index contributed by atoms with van der Waals surface area (Å²) in [4.78, 5) is 93.0. The highest BCUT2D eigenvalue weighted by Gasteiger charge is 2.62. The van der Waals surface area contributed by atoms with Gasteiger partial charge in [-0.3, -0.25) is 28.0 Å². The molecule has 1 saturated carbocycles. The van der Waals surface area contributed by atoms with Gasteiger partial charge >= 0.3 is 41.4 Å². The number of aliphatic hydroxyl groups excluding tert-OH is 3. The molecule has 0 amide bonds. The Morgan fingerprint density at radius 3 is 0.872 bits per heavy atom. The summed E-state index contributed by atoms with van der Waals surface area (Å²) in [7, 11) is -17.4. The highest BCUT2D eigenvalue weighted by molar-refractivity contribution is 7.47. The lowest BCUT2D eigenvalue weighted by molar-refractivity contribution is -0.241. The molecule has 0 aliphatic heterocycles. The molecular weight excluding hydrogens is 609 g/mol. The number of phosphoric acid groups is 3. The molecule has 0 saturated heterocycles. The molecule has 0 aromatic rings. The molecule has 4 unspecified atom stereocenters. The Bertz CT molecular complexity index is 927. The summed E-state index contributed by atoms with van der Waals surface area (Å²) in [6.07, 6.45) is -17.8. The molecule has 0 spiro atoms. The molecule has 228 valence electrons. The van der Waals surface area contributed by atoms with Crippen LogP contribution in [0.5, 0.6) is 0 Å². The summed E-state index contributed by atoms with van der Waals surface area (Å²) in [5.74, 6) is -4.20. The highest BCUT2D eigenvalue weighted by atomic mass is 31.2. The first kappa shape index (κ1) is 35.6. The van der Waals surface area contributed by atoms with E-state index in [9.17, 15) is 57.4 Å². The SMILES string of the molecule is O=C(CCO)OC1C(OC(=O)CCO)C(OP(=O)(O)O)C(OP(=O)(O)O)C(OP(=O)(O)O)C1OC(=O)CCO. The summed E-state index contributed by atoms with van der Waals surface area (Å²) < 4.78 is 63.4. The van der Waals surface area contributed by atoms with Crippen LogP contribution in [0.4, 0.5) is 0 Å². The van der Waals surface area contributed by atoms with Crippen molar-refractivity contribution in [1.29, 1.82) is 0 Å². The van der Waals surface area contributed by atoms with Crippen LogP contribution >= 0.6 is 23.5 Å². The molecule has 0 radical (unpaired) electrons. The van der Waals surface area contributed by atoms with E-state index in [0.29, 0.717) is 0 Å². The average Bonchev–Trinajstić information content (AvgIpc) is 2.73. The van der Waals surface area contributed by atoms with Crippen molar-refractivity contribution in [3.63, 3.8) is 0 Å². The van der Waals surface area contributed by atoms with Crippen molar-refractivity contribution in [2.45, 2.75) is 55.9 Å². The Balaban J connectivity index is 3.94. The Hall–Kier alpha value is -1.38. The van der Waals surface area contributed by atoms with Gasteiger partial charge in [0.05, 0.1) is 39.1 Å². The smallest absolute Gasteiger partial charge is 0.455 e. The van der Waals surface area contributed by atoms with Crippen LogP contribution in [0.15, 0.2) is 0 Å². The topological polar surface area (TPSA) is 340 Å². The van der Waals surface area contributed by atoms with E-state index in [4.69, 9.17) is 29.5 Å². The third kappa shape index (κ3) is 12.8. The van der Waals surface area contributed by atoms with Gasteiger partial charge in [-0.1, -0.05) is 0 Å². The molecule has 0 aromatic carbocycles. The van der Waals surface area contributed by atoms with E-state index in [2.05, 4.69) is 13.6 Å². The highest BCUT2D eigenvalue weighted by Crippen LogP contribution is 2.51. The number of phosphoric ester groups is 3. The lowest BCUT2D eigenvalue weighted by Crippen LogP contribution is -2.67. The molecule has 0 aromatic heterocycles. The van der Waals surface area contributed by atoms with Crippen molar-refractivity contribution in [3.05, 3.63) is 0 Å². The molecule has 4 atom stereocenters. The van der Waals surface area contributed by atoms with E-state index in [1.165, 1.54) is 0 Å². The van der Waals surface area contributed by atoms with Crippen molar-refractivity contribution in [2.75, 3.05) is 19.8 Å². The zero-order chi connectivity index (χ0) is 30.2. The van der Waals surface area contributed by atoms with E-state index < -0.39 is 117 Å². The number of rotatable bonds is 15. The number of carbonyl (C=O) groups is 3. The van der Waals surface area contributed by atoms with Crippen LogP contribution in [0.25, 0.3) is 0 Å². The normalized spacial score (nSPS) is 26.1. The zero-order valence-corrected chi connectivity index (χ0v) is 22.2. The van der Waals surface area contributed by atoms with Crippen LogP contribution in [0.3, 0.4) is 0 Å². The predicted molar refractivity (Wildman–Crippen MR) is 115 cm³/mol. The molecule has 1 rings (SSSR count). The van der Waals surface area contributed by atoms with Crippen molar-refractivity contribution >= 4 is 41.4 Å². The number of carbonyl (C=O) groups excluding carboxylic acids is 3. The van der Waals surface area contributed by atoms with E-state index >= 15 is 0 Å². The molecule has 1 aliphatic rings. The molecule has 1 fully saturated rings. The Morgan fingerprint density at radius 1 is 0.462 bits per heavy atom. The van der Waals surface area contributed by atoms with Crippen LogP contribution in [-0.2, 0) is 55.9 Å². The molecular formula is C15H27O21P3. The summed E-state index contributed by atoms with van der Waals surface area (Å²) in [6, 6.07) is 0. The van der Waals surface area contributed by atoms with E-state index in [0.717, 1.165) is 0 Å². The second-order valence-electron chi connectivity index (χ2n) is 7.47. The third-order valence-corrected chi connectivity index (χ3v) is 6.02. The lowest BCUT2D eigenvalue weighted by atomic mass is 9.84. The predicted octanol–water partition coefficient (Wildman–Crippen LogP) is -3.68. The maximum atomic E-state index is 12.2. The van der Waals surface area contributed by atoms with Crippen molar-refractivity contribution in [2.24, 2.45) is 0 Å². The fourth-order valence-corrected chi connectivity index (χ4v) is 4.94. The van der Waals surface area contributed by atoms with Gasteiger partial charge in [0.15, 0.2) is 18.3 Å². The molecule has 39 heavy (non-hydrogen) atoms. The fraction of sp³-hybridized carbons (Fsp3) is 0.800. The third-order valence-electron chi connectivity index (χ3n) is 4.47. The standard InChI is InChI=1S/C15H27O21P3/c16-4-1-7(19)31-10-11(32-8(20)2-5-17)13(34-37(22,23)24)15(36-39(28,29)30)14(35-38(25,26)27)12(10)33-9(21)3-6-18/h10-18H,1-6H2,(H2,22,23,24)(H2,25,26,27)(H2,28,29,30). The van der Waals surface area contributed by atoms with Gasteiger partial charge in [0.2, 0.25) is 0 Å². The number of hydrogen-bond donors (Lipinski definition) is 9. The number of hydrogen-bond acceptors (Lipinski definition) is 15. The van der Waals surface area contributed by atoms with Crippen LogP contribution in [-0.4, -0.2) is 119 Å². The zero-order valence-electron chi connectivity index (χ0n) is 19.5. The minimum Gasteiger partial charge on any atom is -0.455 e. The molecule has 1 aliphatic carbocycles. The maximum Gasteiger partial charge on any atom is 0.470 e. The number of aliphatic hydroxyl groups is 3. The van der Waals surface area contributed by atoms with Gasteiger partial charge in [0, 0.05) is 0 Å².